The fraction of sp³-hybridized carbons (Fsp3) is 0.545. The monoisotopic (exact) mass is 414 g/mol. The number of benzene rings is 1. The number of amides is 4. The second-order valence-electron chi connectivity index (χ2n) is 8.93. The molecular formula is C22H30N4O4. The molecule has 1 aliphatic heterocycles. The van der Waals surface area contributed by atoms with Crippen molar-refractivity contribution in [3.8, 4) is 0 Å². The third-order valence-corrected chi connectivity index (χ3v) is 5.44. The van der Waals surface area contributed by atoms with Crippen molar-refractivity contribution in [3.05, 3.63) is 35.4 Å². The highest BCUT2D eigenvalue weighted by Gasteiger charge is 2.31. The minimum atomic E-state index is -0.568. The smallest absolute Gasteiger partial charge is 0.312 e. The van der Waals surface area contributed by atoms with Crippen molar-refractivity contribution in [2.24, 2.45) is 0 Å². The van der Waals surface area contributed by atoms with Crippen molar-refractivity contribution in [1.82, 2.24) is 20.4 Å². The Balaban J connectivity index is 1.42. The zero-order chi connectivity index (χ0) is 21.9. The summed E-state index contributed by atoms with van der Waals surface area (Å²) >= 11 is 0. The Bertz CT molecular complexity index is 817. The van der Waals surface area contributed by atoms with E-state index in [9.17, 15) is 19.2 Å². The highest BCUT2D eigenvalue weighted by atomic mass is 16.2. The van der Waals surface area contributed by atoms with Gasteiger partial charge in [0.25, 0.3) is 5.91 Å². The van der Waals surface area contributed by atoms with Crippen LogP contribution in [0.4, 0.5) is 0 Å². The van der Waals surface area contributed by atoms with Gasteiger partial charge < -0.3 is 20.4 Å². The Morgan fingerprint density at radius 2 is 1.50 bits per heavy atom. The Morgan fingerprint density at radius 3 is 2.03 bits per heavy atom. The average Bonchev–Trinajstić information content (AvgIpc) is 3.54. The molecular weight excluding hydrogens is 384 g/mol. The molecule has 2 aliphatic rings. The van der Waals surface area contributed by atoms with E-state index < -0.39 is 11.8 Å². The second-order valence-corrected chi connectivity index (χ2v) is 8.93. The normalized spacial score (nSPS) is 16.8. The second kappa shape index (κ2) is 8.85. The number of nitrogens with zero attached hydrogens (tertiary/aromatic N) is 2. The van der Waals surface area contributed by atoms with E-state index in [1.807, 2.05) is 12.1 Å². The van der Waals surface area contributed by atoms with Gasteiger partial charge in [-0.05, 0) is 36.0 Å². The number of rotatable bonds is 4. The quantitative estimate of drug-likeness (QED) is 0.707. The number of hydrogen-bond donors (Lipinski definition) is 2. The molecule has 1 heterocycles. The van der Waals surface area contributed by atoms with E-state index >= 15 is 0 Å². The molecule has 8 heteroatoms. The fourth-order valence-electron chi connectivity index (χ4n) is 3.27. The molecule has 2 fully saturated rings. The molecule has 0 radical (unpaired) electrons. The van der Waals surface area contributed by atoms with Gasteiger partial charge in [-0.15, -0.1) is 0 Å². The van der Waals surface area contributed by atoms with Gasteiger partial charge in [0.15, 0.2) is 0 Å². The van der Waals surface area contributed by atoms with Gasteiger partial charge in [-0.3, -0.25) is 19.2 Å². The number of hydrogen-bond acceptors (Lipinski definition) is 4. The summed E-state index contributed by atoms with van der Waals surface area (Å²) in [6.45, 7) is 7.52. The van der Waals surface area contributed by atoms with Crippen LogP contribution in [0.3, 0.4) is 0 Å². The summed E-state index contributed by atoms with van der Waals surface area (Å²) in [6, 6.07) is 7.51. The zero-order valence-electron chi connectivity index (χ0n) is 17.9. The van der Waals surface area contributed by atoms with Crippen LogP contribution >= 0.6 is 0 Å². The third-order valence-electron chi connectivity index (χ3n) is 5.44. The first kappa shape index (κ1) is 21.8. The molecule has 2 N–H and O–H groups in total. The van der Waals surface area contributed by atoms with Gasteiger partial charge in [0.05, 0.1) is 6.54 Å². The van der Waals surface area contributed by atoms with Crippen molar-refractivity contribution in [1.29, 1.82) is 0 Å². The van der Waals surface area contributed by atoms with Crippen molar-refractivity contribution in [2.45, 2.75) is 45.1 Å². The first-order valence-electron chi connectivity index (χ1n) is 10.4. The van der Waals surface area contributed by atoms with E-state index in [2.05, 4.69) is 31.4 Å². The molecule has 1 saturated carbocycles. The molecule has 0 bridgehead atoms. The Labute approximate surface area is 177 Å². The van der Waals surface area contributed by atoms with Crippen LogP contribution < -0.4 is 10.6 Å². The maximum Gasteiger partial charge on any atom is 0.312 e. The molecule has 0 atom stereocenters. The van der Waals surface area contributed by atoms with Crippen molar-refractivity contribution < 1.29 is 19.2 Å². The van der Waals surface area contributed by atoms with Gasteiger partial charge in [-0.1, -0.05) is 32.9 Å². The van der Waals surface area contributed by atoms with Crippen molar-refractivity contribution in [3.63, 3.8) is 0 Å². The van der Waals surface area contributed by atoms with Crippen LogP contribution in [-0.2, 0) is 19.8 Å². The Hall–Kier alpha value is -2.90. The lowest BCUT2D eigenvalue weighted by atomic mass is 9.87. The molecule has 0 unspecified atom stereocenters. The fourth-order valence-corrected chi connectivity index (χ4v) is 3.27. The SMILES string of the molecule is CC(C)(C)c1ccc(C(=O)NCC(=O)N2CCN(C(=O)C(=O)NC3CC3)CC2)cc1. The summed E-state index contributed by atoms with van der Waals surface area (Å²) in [6.07, 6.45) is 1.85. The molecule has 1 aliphatic carbocycles. The summed E-state index contributed by atoms with van der Waals surface area (Å²) in [5.41, 5.74) is 1.65. The lowest BCUT2D eigenvalue weighted by Crippen LogP contribution is -2.55. The summed E-state index contributed by atoms with van der Waals surface area (Å²) in [5.74, 6) is -1.61. The minimum absolute atomic E-state index is 0.00702. The van der Waals surface area contributed by atoms with Crippen LogP contribution in [-0.4, -0.2) is 72.2 Å². The molecule has 1 saturated heterocycles. The van der Waals surface area contributed by atoms with Gasteiger partial charge in [0.1, 0.15) is 0 Å². The molecule has 4 amide bonds. The third kappa shape index (κ3) is 5.58. The number of piperazine rings is 1. The van der Waals surface area contributed by atoms with E-state index in [0.29, 0.717) is 31.7 Å². The van der Waals surface area contributed by atoms with Crippen molar-refractivity contribution >= 4 is 23.6 Å². The molecule has 0 spiro atoms. The maximum absolute atomic E-state index is 12.4. The summed E-state index contributed by atoms with van der Waals surface area (Å²) in [4.78, 5) is 51.8. The van der Waals surface area contributed by atoms with Gasteiger partial charge >= 0.3 is 11.8 Å². The van der Waals surface area contributed by atoms with Crippen LogP contribution in [0, 0.1) is 0 Å². The van der Waals surface area contributed by atoms with Crippen LogP contribution in [0.15, 0.2) is 24.3 Å². The molecule has 30 heavy (non-hydrogen) atoms. The van der Waals surface area contributed by atoms with Crippen LogP contribution in [0.2, 0.25) is 0 Å². The minimum Gasteiger partial charge on any atom is -0.345 e. The first-order chi connectivity index (χ1) is 14.1. The van der Waals surface area contributed by atoms with Crippen LogP contribution in [0.5, 0.6) is 0 Å². The summed E-state index contributed by atoms with van der Waals surface area (Å²) in [7, 11) is 0. The van der Waals surface area contributed by atoms with E-state index in [-0.39, 0.29) is 29.8 Å². The predicted octanol–water partition coefficient (Wildman–Crippen LogP) is 0.663. The Kier molecular flexibility index (Phi) is 6.43. The maximum atomic E-state index is 12.4. The number of nitrogens with one attached hydrogen (secondary N) is 2. The summed E-state index contributed by atoms with van der Waals surface area (Å²) < 4.78 is 0. The standard InChI is InChI=1S/C22H30N4O4/c1-22(2,3)16-6-4-15(5-7-16)19(28)23-14-18(27)25-10-12-26(13-11-25)21(30)20(29)24-17-8-9-17/h4-7,17H,8-14H2,1-3H3,(H,23,28)(H,24,29). The van der Waals surface area contributed by atoms with Crippen LogP contribution in [0.1, 0.15) is 49.5 Å². The van der Waals surface area contributed by atoms with E-state index in [1.165, 1.54) is 4.90 Å². The molecule has 1 aromatic carbocycles. The van der Waals surface area contributed by atoms with Crippen molar-refractivity contribution in [2.75, 3.05) is 32.7 Å². The summed E-state index contributed by atoms with van der Waals surface area (Å²) in [5, 5.41) is 5.35. The van der Waals surface area contributed by atoms with Gasteiger partial charge in [-0.2, -0.15) is 0 Å². The molecule has 1 aromatic rings. The van der Waals surface area contributed by atoms with Gasteiger partial charge in [0, 0.05) is 37.8 Å². The zero-order valence-corrected chi connectivity index (χ0v) is 17.9. The highest BCUT2D eigenvalue weighted by Crippen LogP contribution is 2.22. The molecule has 8 nitrogen and oxygen atoms in total. The van der Waals surface area contributed by atoms with Gasteiger partial charge in [-0.25, -0.2) is 0 Å². The molecule has 3 rings (SSSR count). The number of carbonyl (C=O) groups excluding carboxylic acids is 4. The van der Waals surface area contributed by atoms with E-state index in [4.69, 9.17) is 0 Å². The lowest BCUT2D eigenvalue weighted by Gasteiger charge is -2.34. The highest BCUT2D eigenvalue weighted by molar-refractivity contribution is 6.35. The van der Waals surface area contributed by atoms with E-state index in [1.54, 1.807) is 17.0 Å². The van der Waals surface area contributed by atoms with Crippen LogP contribution in [0.25, 0.3) is 0 Å². The topological polar surface area (TPSA) is 98.8 Å². The van der Waals surface area contributed by atoms with E-state index in [0.717, 1.165) is 18.4 Å². The molecule has 0 aromatic heterocycles. The molecule has 162 valence electrons. The Morgan fingerprint density at radius 1 is 0.933 bits per heavy atom. The number of carbonyl (C=O) groups is 4. The van der Waals surface area contributed by atoms with Gasteiger partial charge in [0.2, 0.25) is 5.91 Å². The lowest BCUT2D eigenvalue weighted by molar-refractivity contribution is -0.148. The average molecular weight is 415 g/mol. The first-order valence-corrected chi connectivity index (χ1v) is 10.4. The predicted molar refractivity (Wildman–Crippen MR) is 112 cm³/mol. The largest absolute Gasteiger partial charge is 0.345 e.